The summed E-state index contributed by atoms with van der Waals surface area (Å²) < 4.78 is 10.9. The quantitative estimate of drug-likeness (QED) is 0.894. The maximum absolute atomic E-state index is 12.8. The van der Waals surface area contributed by atoms with Crippen molar-refractivity contribution in [2.45, 2.75) is 12.7 Å². The lowest BCUT2D eigenvalue weighted by atomic mass is 10.1. The molecular weight excluding hydrogens is 320 g/mol. The van der Waals surface area contributed by atoms with E-state index in [0.717, 1.165) is 11.3 Å². The molecule has 0 aliphatic carbocycles. The number of methoxy groups -OCH3 is 1. The number of morpholine rings is 1. The monoisotopic (exact) mass is 342 g/mol. The average Bonchev–Trinajstić information content (AvgIpc) is 2.68. The van der Waals surface area contributed by atoms with Gasteiger partial charge in [-0.2, -0.15) is 0 Å². The van der Waals surface area contributed by atoms with E-state index in [1.54, 1.807) is 31.5 Å². The Balaban J connectivity index is 1.73. The fraction of sp³-hybridized carbons (Fsp3) is 0.389. The molecule has 2 heterocycles. The fourth-order valence-corrected chi connectivity index (χ4v) is 2.87. The van der Waals surface area contributed by atoms with Crippen LogP contribution < -0.4 is 5.32 Å². The van der Waals surface area contributed by atoms with Gasteiger partial charge in [0.05, 0.1) is 19.8 Å². The fourth-order valence-electron chi connectivity index (χ4n) is 2.87. The van der Waals surface area contributed by atoms with Gasteiger partial charge in [0.2, 0.25) is 0 Å². The first-order chi connectivity index (χ1) is 12.2. The summed E-state index contributed by atoms with van der Waals surface area (Å²) in [5.41, 5.74) is 2.42. The van der Waals surface area contributed by atoms with E-state index in [-0.39, 0.29) is 12.0 Å². The maximum Gasteiger partial charge on any atom is 0.254 e. The number of ether oxygens (including phenoxy) is 2. The molecule has 1 aliphatic rings. The zero-order chi connectivity index (χ0) is 17.6. The highest BCUT2D eigenvalue weighted by Gasteiger charge is 2.28. The number of nitrogens with one attached hydrogen (secondary N) is 1. The summed E-state index contributed by atoms with van der Waals surface area (Å²) in [6, 6.07) is 7.50. The minimum absolute atomic E-state index is 0.00725. The van der Waals surface area contributed by atoms with E-state index in [0.29, 0.717) is 37.7 Å². The second-order valence-corrected chi connectivity index (χ2v) is 5.78. The SMILES string of the molecule is CNc1nccnc1[C@H]1CN(C(=O)c2ccc(COC)cc2)CCO1. The van der Waals surface area contributed by atoms with Crippen molar-refractivity contribution in [3.63, 3.8) is 0 Å². The minimum atomic E-state index is -0.290. The molecule has 3 rings (SSSR count). The molecule has 0 spiro atoms. The molecule has 132 valence electrons. The molecule has 1 N–H and O–H groups in total. The largest absolute Gasteiger partial charge is 0.380 e. The third-order valence-electron chi connectivity index (χ3n) is 4.13. The second kappa shape index (κ2) is 8.04. The molecule has 0 saturated carbocycles. The number of hydrogen-bond donors (Lipinski definition) is 1. The molecule has 1 atom stereocenters. The number of benzene rings is 1. The Morgan fingerprint density at radius 3 is 2.80 bits per heavy atom. The highest BCUT2D eigenvalue weighted by Crippen LogP contribution is 2.25. The highest BCUT2D eigenvalue weighted by atomic mass is 16.5. The van der Waals surface area contributed by atoms with Crippen molar-refractivity contribution in [3.8, 4) is 0 Å². The zero-order valence-electron chi connectivity index (χ0n) is 14.4. The molecule has 1 aromatic carbocycles. The smallest absolute Gasteiger partial charge is 0.254 e. The molecule has 1 saturated heterocycles. The standard InChI is InChI=1S/C18H22N4O3/c1-19-17-16(20-7-8-21-17)15-11-22(9-10-25-15)18(23)14-5-3-13(4-6-14)12-24-2/h3-8,15H,9-12H2,1-2H3,(H,19,21)/t15-/m1/s1. The van der Waals surface area contributed by atoms with Gasteiger partial charge >= 0.3 is 0 Å². The van der Waals surface area contributed by atoms with Crippen molar-refractivity contribution < 1.29 is 14.3 Å². The highest BCUT2D eigenvalue weighted by molar-refractivity contribution is 5.94. The zero-order valence-corrected chi connectivity index (χ0v) is 14.4. The van der Waals surface area contributed by atoms with Crippen LogP contribution in [-0.2, 0) is 16.1 Å². The molecule has 1 amide bonds. The summed E-state index contributed by atoms with van der Waals surface area (Å²) in [4.78, 5) is 23.2. The Labute approximate surface area is 147 Å². The van der Waals surface area contributed by atoms with E-state index in [4.69, 9.17) is 9.47 Å². The van der Waals surface area contributed by atoms with E-state index >= 15 is 0 Å². The van der Waals surface area contributed by atoms with Gasteiger partial charge in [0.25, 0.3) is 5.91 Å². The van der Waals surface area contributed by atoms with Crippen molar-refractivity contribution in [1.29, 1.82) is 0 Å². The normalized spacial score (nSPS) is 17.4. The number of hydrogen-bond acceptors (Lipinski definition) is 6. The van der Waals surface area contributed by atoms with E-state index < -0.39 is 0 Å². The number of aromatic nitrogens is 2. The Kier molecular flexibility index (Phi) is 5.57. The van der Waals surface area contributed by atoms with Crippen molar-refractivity contribution >= 4 is 11.7 Å². The predicted octanol–water partition coefficient (Wildman–Crippen LogP) is 1.88. The molecule has 1 fully saturated rings. The molecule has 2 aromatic rings. The molecule has 0 unspecified atom stereocenters. The van der Waals surface area contributed by atoms with Crippen molar-refractivity contribution in [3.05, 3.63) is 53.5 Å². The second-order valence-electron chi connectivity index (χ2n) is 5.78. The van der Waals surface area contributed by atoms with Crippen molar-refractivity contribution in [1.82, 2.24) is 14.9 Å². The van der Waals surface area contributed by atoms with Crippen molar-refractivity contribution in [2.24, 2.45) is 0 Å². The number of nitrogens with zero attached hydrogens (tertiary/aromatic N) is 3. The summed E-state index contributed by atoms with van der Waals surface area (Å²) in [5, 5.41) is 3.02. The average molecular weight is 342 g/mol. The summed E-state index contributed by atoms with van der Waals surface area (Å²) >= 11 is 0. The number of rotatable bonds is 5. The molecule has 0 bridgehead atoms. The van der Waals surface area contributed by atoms with Crippen molar-refractivity contribution in [2.75, 3.05) is 39.2 Å². The van der Waals surface area contributed by atoms with Crippen LogP contribution >= 0.6 is 0 Å². The molecule has 7 nitrogen and oxygen atoms in total. The topological polar surface area (TPSA) is 76.6 Å². The summed E-state index contributed by atoms with van der Waals surface area (Å²) in [5.74, 6) is 0.665. The van der Waals surface area contributed by atoms with E-state index in [1.165, 1.54) is 0 Å². The number of anilines is 1. The van der Waals surface area contributed by atoms with Gasteiger partial charge in [0.1, 0.15) is 17.6 Å². The Morgan fingerprint density at radius 2 is 2.08 bits per heavy atom. The van der Waals surface area contributed by atoms with Crippen LogP contribution in [0.1, 0.15) is 27.7 Å². The summed E-state index contributed by atoms with van der Waals surface area (Å²) in [6.07, 6.45) is 2.97. The van der Waals surface area contributed by atoms with E-state index in [1.807, 2.05) is 24.3 Å². The molecule has 1 aromatic heterocycles. The number of carbonyl (C=O) groups excluding carboxylic acids is 1. The molecule has 1 aliphatic heterocycles. The third-order valence-corrected chi connectivity index (χ3v) is 4.13. The van der Waals surface area contributed by atoms with Crippen LogP contribution in [0.2, 0.25) is 0 Å². The lowest BCUT2D eigenvalue weighted by molar-refractivity contribution is -0.0245. The molecule has 7 heteroatoms. The number of amides is 1. The lowest BCUT2D eigenvalue weighted by Gasteiger charge is -2.33. The molecule has 0 radical (unpaired) electrons. The van der Waals surface area contributed by atoms with Gasteiger partial charge in [0.15, 0.2) is 0 Å². The van der Waals surface area contributed by atoms with Gasteiger partial charge < -0.3 is 19.7 Å². The van der Waals surface area contributed by atoms with Crippen LogP contribution in [0.3, 0.4) is 0 Å². The summed E-state index contributed by atoms with van der Waals surface area (Å²) in [7, 11) is 3.44. The van der Waals surface area contributed by atoms with Gasteiger partial charge in [-0.3, -0.25) is 9.78 Å². The maximum atomic E-state index is 12.8. The van der Waals surface area contributed by atoms with Crippen LogP contribution in [0.5, 0.6) is 0 Å². The first-order valence-corrected chi connectivity index (χ1v) is 8.20. The molecular formula is C18H22N4O3. The van der Waals surface area contributed by atoms with Crippen LogP contribution in [0.4, 0.5) is 5.82 Å². The Bertz CT molecular complexity index is 721. The van der Waals surface area contributed by atoms with E-state index in [9.17, 15) is 4.79 Å². The van der Waals surface area contributed by atoms with Crippen LogP contribution in [0, 0.1) is 0 Å². The van der Waals surface area contributed by atoms with Gasteiger partial charge in [-0.1, -0.05) is 12.1 Å². The first-order valence-electron chi connectivity index (χ1n) is 8.20. The predicted molar refractivity (Wildman–Crippen MR) is 93.3 cm³/mol. The van der Waals surface area contributed by atoms with Gasteiger partial charge in [0, 0.05) is 38.7 Å². The minimum Gasteiger partial charge on any atom is -0.380 e. The Morgan fingerprint density at radius 1 is 1.32 bits per heavy atom. The van der Waals surface area contributed by atoms with Crippen LogP contribution in [-0.4, -0.2) is 54.6 Å². The van der Waals surface area contributed by atoms with Crippen LogP contribution in [0.15, 0.2) is 36.7 Å². The molecule has 25 heavy (non-hydrogen) atoms. The van der Waals surface area contributed by atoms with Crippen LogP contribution in [0.25, 0.3) is 0 Å². The van der Waals surface area contributed by atoms with Gasteiger partial charge in [-0.05, 0) is 17.7 Å². The first kappa shape index (κ1) is 17.3. The number of carbonyl (C=O) groups is 1. The van der Waals surface area contributed by atoms with Gasteiger partial charge in [-0.25, -0.2) is 4.98 Å². The lowest BCUT2D eigenvalue weighted by Crippen LogP contribution is -2.42. The van der Waals surface area contributed by atoms with E-state index in [2.05, 4.69) is 15.3 Å². The summed E-state index contributed by atoms with van der Waals surface area (Å²) in [6.45, 7) is 2.02. The van der Waals surface area contributed by atoms with Gasteiger partial charge in [-0.15, -0.1) is 0 Å². The Hall–Kier alpha value is -2.51. The third kappa shape index (κ3) is 3.94.